The van der Waals surface area contributed by atoms with Crippen LogP contribution in [0.25, 0.3) is 11.0 Å². The Morgan fingerprint density at radius 2 is 2.00 bits per heavy atom. The van der Waals surface area contributed by atoms with Gasteiger partial charge in [-0.05, 0) is 24.6 Å². The van der Waals surface area contributed by atoms with Crippen LogP contribution >= 0.6 is 0 Å². The third-order valence-corrected chi connectivity index (χ3v) is 3.50. The van der Waals surface area contributed by atoms with Gasteiger partial charge in [-0.25, -0.2) is 13.8 Å². The largest absolute Gasteiger partial charge is 0.491 e. The van der Waals surface area contributed by atoms with Crippen molar-refractivity contribution in [3.63, 3.8) is 0 Å². The topological polar surface area (TPSA) is 47.3 Å². The molecule has 3 aromatic rings. The normalized spacial score (nSPS) is 12.5. The quantitative estimate of drug-likeness (QED) is 0.786. The zero-order chi connectivity index (χ0) is 16.4. The van der Waals surface area contributed by atoms with Crippen molar-refractivity contribution in [1.82, 2.24) is 9.55 Å². The maximum atomic E-state index is 13.3. The molecule has 0 fully saturated rings. The monoisotopic (exact) mass is 318 g/mol. The number of ether oxygens (including phenoxy) is 1. The van der Waals surface area contributed by atoms with Crippen LogP contribution in [0.1, 0.15) is 5.56 Å². The van der Waals surface area contributed by atoms with Gasteiger partial charge in [0.15, 0.2) is 11.6 Å². The van der Waals surface area contributed by atoms with E-state index in [1.165, 1.54) is 6.33 Å². The summed E-state index contributed by atoms with van der Waals surface area (Å²) in [5.41, 5.74) is 1.84. The molecular formula is C17H16F2N2O2. The number of aliphatic hydroxyl groups excluding tert-OH is 1. The molecule has 0 amide bonds. The highest BCUT2D eigenvalue weighted by Gasteiger charge is 2.12. The number of aryl methyl sites for hydroxylation is 1. The summed E-state index contributed by atoms with van der Waals surface area (Å²) in [4.78, 5) is 4.01. The summed E-state index contributed by atoms with van der Waals surface area (Å²) in [7, 11) is 0. The first-order chi connectivity index (χ1) is 11.0. The second-order valence-corrected chi connectivity index (χ2v) is 5.43. The highest BCUT2D eigenvalue weighted by atomic mass is 19.2. The minimum absolute atomic E-state index is 0.0901. The second kappa shape index (κ2) is 6.34. The molecule has 23 heavy (non-hydrogen) atoms. The Morgan fingerprint density at radius 3 is 2.78 bits per heavy atom. The summed E-state index contributed by atoms with van der Waals surface area (Å²) in [6.07, 6.45) is 0.639. The van der Waals surface area contributed by atoms with E-state index in [4.69, 9.17) is 4.74 Å². The number of halogens is 2. The summed E-state index contributed by atoms with van der Waals surface area (Å²) >= 11 is 0. The van der Waals surface area contributed by atoms with E-state index in [9.17, 15) is 13.9 Å². The zero-order valence-corrected chi connectivity index (χ0v) is 12.5. The molecule has 0 radical (unpaired) electrons. The molecule has 1 aromatic heterocycles. The van der Waals surface area contributed by atoms with Crippen molar-refractivity contribution >= 4 is 11.0 Å². The maximum Gasteiger partial charge on any atom is 0.161 e. The average Bonchev–Trinajstić information content (AvgIpc) is 2.88. The fourth-order valence-corrected chi connectivity index (χ4v) is 2.38. The fraction of sp³-hybridized carbons (Fsp3) is 0.235. The van der Waals surface area contributed by atoms with Gasteiger partial charge >= 0.3 is 0 Å². The van der Waals surface area contributed by atoms with Crippen LogP contribution in [0.2, 0.25) is 0 Å². The predicted octanol–water partition coefficient (Wildman–Crippen LogP) is 3.06. The fourth-order valence-electron chi connectivity index (χ4n) is 2.38. The predicted molar refractivity (Wildman–Crippen MR) is 82.3 cm³/mol. The van der Waals surface area contributed by atoms with Crippen molar-refractivity contribution in [2.75, 3.05) is 6.61 Å². The smallest absolute Gasteiger partial charge is 0.161 e. The number of nitrogens with zero attached hydrogens (tertiary/aromatic N) is 2. The van der Waals surface area contributed by atoms with Gasteiger partial charge in [0.2, 0.25) is 0 Å². The van der Waals surface area contributed by atoms with Crippen LogP contribution in [-0.4, -0.2) is 27.4 Å². The highest BCUT2D eigenvalue weighted by molar-refractivity contribution is 5.75. The molecule has 1 unspecified atom stereocenters. The van der Waals surface area contributed by atoms with Crippen molar-refractivity contribution in [2.45, 2.75) is 19.6 Å². The Morgan fingerprint density at radius 1 is 1.22 bits per heavy atom. The molecule has 0 saturated heterocycles. The number of aromatic nitrogens is 2. The number of fused-ring (bicyclic) bond motifs is 1. The van der Waals surface area contributed by atoms with Crippen molar-refractivity contribution in [1.29, 1.82) is 0 Å². The lowest BCUT2D eigenvalue weighted by Gasteiger charge is -2.14. The van der Waals surface area contributed by atoms with E-state index in [0.29, 0.717) is 16.8 Å². The Bertz CT molecular complexity index is 833. The number of rotatable bonds is 5. The van der Waals surface area contributed by atoms with Crippen LogP contribution in [-0.2, 0) is 6.54 Å². The maximum absolute atomic E-state index is 13.3. The van der Waals surface area contributed by atoms with Crippen LogP contribution in [0, 0.1) is 18.6 Å². The Balaban J connectivity index is 1.68. The molecule has 1 heterocycles. The van der Waals surface area contributed by atoms with Gasteiger partial charge in [0.1, 0.15) is 18.5 Å². The summed E-state index contributed by atoms with van der Waals surface area (Å²) in [5.74, 6) is -1.21. The third kappa shape index (κ3) is 3.48. The van der Waals surface area contributed by atoms with Crippen LogP contribution < -0.4 is 4.74 Å². The Labute approximate surface area is 132 Å². The van der Waals surface area contributed by atoms with Crippen LogP contribution in [0.15, 0.2) is 42.7 Å². The summed E-state index contributed by atoms with van der Waals surface area (Å²) < 4.78 is 33.6. The first-order valence-electron chi connectivity index (χ1n) is 7.20. The SMILES string of the molecule is Cc1cccc(OCC(O)Cn2cnc3cc(F)c(F)cc32)c1. The molecule has 3 rings (SSSR count). The minimum atomic E-state index is -0.940. The molecule has 0 spiro atoms. The molecule has 2 aromatic carbocycles. The van der Waals surface area contributed by atoms with Crippen molar-refractivity contribution in [3.05, 3.63) is 59.9 Å². The number of benzene rings is 2. The molecule has 120 valence electrons. The molecule has 0 aliphatic rings. The van der Waals surface area contributed by atoms with Gasteiger partial charge in [-0.2, -0.15) is 0 Å². The summed E-state index contributed by atoms with van der Waals surface area (Å²) in [6, 6.07) is 9.62. The van der Waals surface area contributed by atoms with Crippen LogP contribution in [0.3, 0.4) is 0 Å². The Hall–Kier alpha value is -2.47. The lowest BCUT2D eigenvalue weighted by Crippen LogP contribution is -2.23. The molecule has 0 aliphatic carbocycles. The average molecular weight is 318 g/mol. The van der Waals surface area contributed by atoms with Crippen molar-refractivity contribution in [3.8, 4) is 5.75 Å². The first kappa shape index (κ1) is 15.4. The number of hydrogen-bond donors (Lipinski definition) is 1. The molecule has 0 bridgehead atoms. The van der Waals surface area contributed by atoms with Gasteiger partial charge in [0.25, 0.3) is 0 Å². The lowest BCUT2D eigenvalue weighted by atomic mass is 10.2. The van der Waals surface area contributed by atoms with Gasteiger partial charge < -0.3 is 14.4 Å². The van der Waals surface area contributed by atoms with Crippen molar-refractivity contribution in [2.24, 2.45) is 0 Å². The first-order valence-corrected chi connectivity index (χ1v) is 7.20. The van der Waals surface area contributed by atoms with E-state index in [2.05, 4.69) is 4.98 Å². The highest BCUT2D eigenvalue weighted by Crippen LogP contribution is 2.18. The van der Waals surface area contributed by atoms with E-state index in [1.807, 2.05) is 31.2 Å². The Kier molecular flexibility index (Phi) is 4.25. The van der Waals surface area contributed by atoms with Gasteiger partial charge in [-0.15, -0.1) is 0 Å². The van der Waals surface area contributed by atoms with Gasteiger partial charge in [-0.1, -0.05) is 12.1 Å². The van der Waals surface area contributed by atoms with E-state index in [-0.39, 0.29) is 13.2 Å². The lowest BCUT2D eigenvalue weighted by molar-refractivity contribution is 0.0934. The molecule has 1 N–H and O–H groups in total. The van der Waals surface area contributed by atoms with E-state index in [1.54, 1.807) is 4.57 Å². The van der Waals surface area contributed by atoms with Gasteiger partial charge in [0.05, 0.1) is 23.9 Å². The van der Waals surface area contributed by atoms with E-state index in [0.717, 1.165) is 17.7 Å². The number of aliphatic hydroxyl groups is 1. The third-order valence-electron chi connectivity index (χ3n) is 3.50. The van der Waals surface area contributed by atoms with E-state index < -0.39 is 17.7 Å². The molecule has 4 nitrogen and oxygen atoms in total. The number of imidazole rings is 1. The molecule has 0 saturated carbocycles. The van der Waals surface area contributed by atoms with Gasteiger partial charge in [0, 0.05) is 12.1 Å². The van der Waals surface area contributed by atoms with E-state index >= 15 is 0 Å². The summed E-state index contributed by atoms with van der Waals surface area (Å²) in [6.45, 7) is 2.22. The molecule has 1 atom stereocenters. The standard InChI is InChI=1S/C17H16F2N2O2/c1-11-3-2-4-13(5-11)23-9-12(22)8-21-10-20-16-6-14(18)15(19)7-17(16)21/h2-7,10,12,22H,8-9H2,1H3. The second-order valence-electron chi connectivity index (χ2n) is 5.43. The molecule has 0 aliphatic heterocycles. The van der Waals surface area contributed by atoms with Crippen LogP contribution in [0.4, 0.5) is 8.78 Å². The minimum Gasteiger partial charge on any atom is -0.491 e. The summed E-state index contributed by atoms with van der Waals surface area (Å²) in [5, 5.41) is 10.1. The molecule has 6 heteroatoms. The zero-order valence-electron chi connectivity index (χ0n) is 12.5. The van der Waals surface area contributed by atoms with Crippen molar-refractivity contribution < 1.29 is 18.6 Å². The van der Waals surface area contributed by atoms with Crippen LogP contribution in [0.5, 0.6) is 5.75 Å². The van der Waals surface area contributed by atoms with Gasteiger partial charge in [-0.3, -0.25) is 0 Å². The molecular weight excluding hydrogens is 302 g/mol. The number of hydrogen-bond acceptors (Lipinski definition) is 3.